The fourth-order valence-electron chi connectivity index (χ4n) is 6.41. The second kappa shape index (κ2) is 10.7. The highest BCUT2D eigenvalue weighted by Crippen LogP contribution is 2.28. The SMILES string of the molecule is [2H]c1c([2H])c([2H])c2c(c1[2H])c([2H])c(C)n2-c1cccc(-n2c([Si](c3ccccc3)(c3ccccc3)c3ccccc3)c([2H])c3c([2H])c([2H])c([2H])c([2H])c32)c1. The molecule has 8 aromatic rings. The van der Waals surface area contributed by atoms with Gasteiger partial charge in [-0.2, -0.15) is 0 Å². The first-order chi connectivity index (χ1) is 25.9. The van der Waals surface area contributed by atoms with Crippen LogP contribution in [0.5, 0.6) is 0 Å². The van der Waals surface area contributed by atoms with Gasteiger partial charge in [0.15, 0.2) is 8.07 Å². The van der Waals surface area contributed by atoms with Gasteiger partial charge in [-0.15, -0.1) is 0 Å². The van der Waals surface area contributed by atoms with Crippen LogP contribution in [0.1, 0.15) is 19.4 Å². The Labute approximate surface area is 273 Å². The van der Waals surface area contributed by atoms with Gasteiger partial charge < -0.3 is 9.13 Å². The predicted molar refractivity (Wildman–Crippen MR) is 188 cm³/mol. The van der Waals surface area contributed by atoms with Crippen LogP contribution in [0.15, 0.2) is 176 Å². The van der Waals surface area contributed by atoms with Crippen LogP contribution in [0, 0.1) is 6.92 Å². The molecule has 0 spiro atoms. The normalized spacial score (nSPS) is 14.9. The van der Waals surface area contributed by atoms with Crippen LogP contribution in [0.3, 0.4) is 0 Å². The molecule has 0 amide bonds. The quantitative estimate of drug-likeness (QED) is 0.143. The number of aromatic nitrogens is 2. The molecule has 0 fully saturated rings. The minimum absolute atomic E-state index is 0.0178. The third-order valence-corrected chi connectivity index (χ3v) is 12.9. The zero-order valence-electron chi connectivity index (χ0n) is 33.9. The van der Waals surface area contributed by atoms with Crippen molar-refractivity contribution in [1.82, 2.24) is 9.13 Å². The van der Waals surface area contributed by atoms with Crippen LogP contribution in [0.25, 0.3) is 33.2 Å². The minimum atomic E-state index is -3.56. The topological polar surface area (TPSA) is 9.86 Å². The third kappa shape index (κ3) is 4.09. The molecular weight excluding hydrogens is 549 g/mol. The summed E-state index contributed by atoms with van der Waals surface area (Å²) in [5, 5.41) is 3.52. The average molecular weight is 591 g/mol. The molecule has 0 aliphatic heterocycles. The lowest BCUT2D eigenvalue weighted by atomic mass is 10.2. The molecule has 2 heterocycles. The van der Waals surface area contributed by atoms with E-state index in [2.05, 4.69) is 0 Å². The number of benzene rings is 6. The summed E-state index contributed by atoms with van der Waals surface area (Å²) >= 11 is 0. The molecule has 3 heteroatoms. The van der Waals surface area contributed by atoms with E-state index in [-0.39, 0.29) is 58.1 Å². The molecule has 0 bridgehead atoms. The number of fused-ring (bicyclic) bond motifs is 2. The smallest absolute Gasteiger partial charge is 0.199 e. The van der Waals surface area contributed by atoms with E-state index in [1.54, 1.807) is 34.3 Å². The van der Waals surface area contributed by atoms with Crippen molar-refractivity contribution in [2.45, 2.75) is 6.92 Å². The van der Waals surface area contributed by atoms with Crippen LogP contribution in [-0.4, -0.2) is 17.2 Å². The molecule has 0 saturated heterocycles. The van der Waals surface area contributed by atoms with Crippen molar-refractivity contribution in [2.75, 3.05) is 0 Å². The van der Waals surface area contributed by atoms with Gasteiger partial charge in [-0.3, -0.25) is 0 Å². The molecular formula is C41H32N2Si. The van der Waals surface area contributed by atoms with E-state index in [4.69, 9.17) is 11.0 Å². The van der Waals surface area contributed by atoms with Crippen LogP contribution in [0.2, 0.25) is 0 Å². The van der Waals surface area contributed by atoms with Crippen LogP contribution in [0.4, 0.5) is 0 Å². The van der Waals surface area contributed by atoms with Gasteiger partial charge in [-0.25, -0.2) is 0 Å². The van der Waals surface area contributed by atoms with E-state index in [1.165, 1.54) is 0 Å². The van der Waals surface area contributed by atoms with Gasteiger partial charge in [-0.05, 0) is 70.2 Å². The average Bonchev–Trinajstić information content (AvgIpc) is 3.66. The van der Waals surface area contributed by atoms with E-state index in [0.29, 0.717) is 22.4 Å². The Morgan fingerprint density at radius 2 is 0.955 bits per heavy atom. The summed E-state index contributed by atoms with van der Waals surface area (Å²) in [6.07, 6.45) is 0. The molecule has 8 rings (SSSR count). The molecule has 0 radical (unpaired) electrons. The van der Waals surface area contributed by atoms with Gasteiger partial charge in [0.2, 0.25) is 0 Å². The Bertz CT molecular complexity index is 2690. The highest BCUT2D eigenvalue weighted by Gasteiger charge is 2.44. The monoisotopic (exact) mass is 590 g/mol. The Hall–Kier alpha value is -5.38. The van der Waals surface area contributed by atoms with Crippen LogP contribution >= 0.6 is 0 Å². The standard InChI is InChI=1S/C41H32N2Si/c1-31-28-32-16-11-13-26-39(32)42(31)34-18-15-19-35(30-34)43-40-27-14-12-17-33(40)29-41(43)44(36-20-5-2-6-21-36,37-22-7-3-8-23-37)38-24-9-4-10-25-38/h2-30H,1H3/i11D,12D,13D,14D,16D,17D,26D,27D,28D,29D. The zero-order valence-corrected chi connectivity index (χ0v) is 24.9. The van der Waals surface area contributed by atoms with E-state index >= 15 is 0 Å². The summed E-state index contributed by atoms with van der Waals surface area (Å²) in [7, 11) is -3.56. The molecule has 2 nitrogen and oxygen atoms in total. The zero-order chi connectivity index (χ0) is 38.2. The number of hydrogen-bond acceptors (Lipinski definition) is 0. The van der Waals surface area contributed by atoms with Crippen molar-refractivity contribution in [2.24, 2.45) is 0 Å². The molecule has 210 valence electrons. The fourth-order valence-corrected chi connectivity index (χ4v) is 11.2. The lowest BCUT2D eigenvalue weighted by molar-refractivity contribution is 1.04. The summed E-state index contributed by atoms with van der Waals surface area (Å²) in [4.78, 5) is 0. The molecule has 0 N–H and O–H groups in total. The van der Waals surface area contributed by atoms with Gasteiger partial charge >= 0.3 is 0 Å². The number of hydrogen-bond donors (Lipinski definition) is 0. The van der Waals surface area contributed by atoms with Gasteiger partial charge in [0.1, 0.15) is 0 Å². The maximum atomic E-state index is 10.0. The number of para-hydroxylation sites is 2. The highest BCUT2D eigenvalue weighted by molar-refractivity contribution is 7.19. The van der Waals surface area contributed by atoms with E-state index in [0.717, 1.165) is 15.6 Å². The summed E-state index contributed by atoms with van der Waals surface area (Å²) in [6.45, 7) is 1.69. The lowest BCUT2D eigenvalue weighted by Crippen LogP contribution is -2.76. The van der Waals surface area contributed by atoms with Gasteiger partial charge in [0.25, 0.3) is 0 Å². The Balaban J connectivity index is 1.58. The summed E-state index contributed by atoms with van der Waals surface area (Å²) < 4.78 is 92.4. The number of nitrogens with zero attached hydrogens (tertiary/aromatic N) is 2. The summed E-state index contributed by atoms with van der Waals surface area (Å²) in [6, 6.07) is 34.0. The van der Waals surface area contributed by atoms with E-state index < -0.39 is 32.2 Å². The molecule has 44 heavy (non-hydrogen) atoms. The number of rotatable bonds is 6. The molecule has 0 atom stereocenters. The molecule has 0 unspecified atom stereocenters. The van der Waals surface area contributed by atoms with Gasteiger partial charge in [-0.1, -0.05) is 133 Å². The molecule has 0 aliphatic rings. The summed E-state index contributed by atoms with van der Waals surface area (Å²) in [5.41, 5.74) is 1.66. The first kappa shape index (κ1) is 17.7. The Kier molecular flexibility index (Phi) is 4.30. The first-order valence-electron chi connectivity index (χ1n) is 19.4. The van der Waals surface area contributed by atoms with Crippen molar-refractivity contribution in [3.63, 3.8) is 0 Å². The van der Waals surface area contributed by atoms with Crippen molar-refractivity contribution in [3.05, 3.63) is 181 Å². The largest absolute Gasteiger partial charge is 0.316 e. The van der Waals surface area contributed by atoms with Crippen molar-refractivity contribution in [3.8, 4) is 11.4 Å². The second-order valence-corrected chi connectivity index (χ2v) is 14.4. The maximum absolute atomic E-state index is 10.0. The fraction of sp³-hybridized carbons (Fsp3) is 0.0244. The molecule has 6 aromatic carbocycles. The maximum Gasteiger partial charge on any atom is 0.199 e. The van der Waals surface area contributed by atoms with Crippen molar-refractivity contribution < 1.29 is 13.7 Å². The van der Waals surface area contributed by atoms with Gasteiger partial charge in [0, 0.05) is 27.8 Å². The van der Waals surface area contributed by atoms with Crippen LogP contribution in [-0.2, 0) is 0 Å². The first-order valence-corrected chi connectivity index (χ1v) is 16.4. The Morgan fingerprint density at radius 1 is 0.500 bits per heavy atom. The van der Waals surface area contributed by atoms with Crippen molar-refractivity contribution >= 4 is 50.8 Å². The predicted octanol–water partition coefficient (Wildman–Crippen LogP) is 7.26. The molecule has 0 saturated carbocycles. The third-order valence-electron chi connectivity index (χ3n) is 8.21. The van der Waals surface area contributed by atoms with E-state index in [1.807, 2.05) is 97.1 Å². The second-order valence-electron chi connectivity index (χ2n) is 10.7. The highest BCUT2D eigenvalue weighted by atomic mass is 28.3. The minimum Gasteiger partial charge on any atom is -0.316 e. The van der Waals surface area contributed by atoms with Gasteiger partial charge in [0.05, 0.1) is 24.7 Å². The van der Waals surface area contributed by atoms with Crippen molar-refractivity contribution in [1.29, 1.82) is 0 Å². The van der Waals surface area contributed by atoms with E-state index in [9.17, 15) is 2.74 Å². The Morgan fingerprint density at radius 3 is 1.50 bits per heavy atom. The van der Waals surface area contributed by atoms with Crippen LogP contribution < -0.4 is 20.9 Å². The summed E-state index contributed by atoms with van der Waals surface area (Å²) in [5.74, 6) is 0. The molecule has 2 aromatic heterocycles. The lowest BCUT2D eigenvalue weighted by Gasteiger charge is -2.35. The molecule has 0 aliphatic carbocycles.